The third-order valence-corrected chi connectivity index (χ3v) is 5.70. The van der Waals surface area contributed by atoms with E-state index in [4.69, 9.17) is 4.74 Å². The molecule has 0 amide bonds. The number of carbonyl (C=O) groups is 2. The Bertz CT molecular complexity index is 946. The number of aliphatic hydroxyl groups is 1. The van der Waals surface area contributed by atoms with Gasteiger partial charge in [0.1, 0.15) is 16.9 Å². The topological polar surface area (TPSA) is 83.8 Å². The molecule has 5 heteroatoms. The lowest BCUT2D eigenvalue weighted by molar-refractivity contribution is -0.156. The number of rotatable bonds is 2. The van der Waals surface area contributed by atoms with Crippen LogP contribution in [0.15, 0.2) is 54.2 Å². The first-order valence-electron chi connectivity index (χ1n) is 8.98. The number of benzene rings is 1. The monoisotopic (exact) mass is 366 g/mol. The minimum absolute atomic E-state index is 0.0632. The predicted molar refractivity (Wildman–Crippen MR) is 99.6 cm³/mol. The third-order valence-electron chi connectivity index (χ3n) is 5.70. The molecule has 0 aromatic heterocycles. The number of ether oxygens (including phenoxy) is 1. The lowest BCUT2D eigenvalue weighted by Crippen LogP contribution is -2.67. The van der Waals surface area contributed by atoms with Gasteiger partial charge in [-0.15, -0.1) is 0 Å². The van der Waals surface area contributed by atoms with Crippen molar-refractivity contribution in [2.24, 2.45) is 5.41 Å². The number of phenolic OH excluding ortho intramolecular Hbond substituents is 1. The molecule has 0 unspecified atom stereocenters. The molecule has 2 aliphatic carbocycles. The quantitative estimate of drug-likeness (QED) is 0.786. The molecule has 0 spiro atoms. The first-order valence-corrected chi connectivity index (χ1v) is 8.98. The van der Waals surface area contributed by atoms with Gasteiger partial charge in [0.15, 0.2) is 11.4 Å². The molecule has 1 aliphatic heterocycles. The van der Waals surface area contributed by atoms with Crippen LogP contribution in [0.5, 0.6) is 11.5 Å². The molecule has 2 N–H and O–H groups in total. The van der Waals surface area contributed by atoms with Gasteiger partial charge in [0.05, 0.1) is 5.60 Å². The zero-order valence-corrected chi connectivity index (χ0v) is 15.5. The van der Waals surface area contributed by atoms with Crippen molar-refractivity contribution in [2.75, 3.05) is 0 Å². The molecule has 3 aliphatic rings. The molecule has 1 aromatic rings. The van der Waals surface area contributed by atoms with Crippen LogP contribution in [0.2, 0.25) is 0 Å². The second-order valence-electron chi connectivity index (χ2n) is 8.24. The van der Waals surface area contributed by atoms with Crippen molar-refractivity contribution < 1.29 is 24.5 Å². The second kappa shape index (κ2) is 5.42. The number of hydrogen-bond donors (Lipinski definition) is 2. The molecule has 0 saturated heterocycles. The van der Waals surface area contributed by atoms with Crippen LogP contribution >= 0.6 is 0 Å². The van der Waals surface area contributed by atoms with Gasteiger partial charge in [0.25, 0.3) is 0 Å². The van der Waals surface area contributed by atoms with Crippen molar-refractivity contribution in [3.8, 4) is 11.5 Å². The van der Waals surface area contributed by atoms with Gasteiger partial charge in [-0.1, -0.05) is 23.8 Å². The molecule has 1 heterocycles. The van der Waals surface area contributed by atoms with Gasteiger partial charge in [-0.05, 0) is 51.1 Å². The highest BCUT2D eigenvalue weighted by atomic mass is 16.5. The largest absolute Gasteiger partial charge is 0.508 e. The number of allylic oxidation sites excluding steroid dienone is 2. The Morgan fingerprint density at radius 2 is 1.93 bits per heavy atom. The molecular weight excluding hydrogens is 344 g/mol. The molecule has 0 fully saturated rings. The van der Waals surface area contributed by atoms with Gasteiger partial charge in [0, 0.05) is 17.9 Å². The van der Waals surface area contributed by atoms with Crippen LogP contribution < -0.4 is 4.74 Å². The third kappa shape index (κ3) is 2.34. The maximum atomic E-state index is 13.3. The van der Waals surface area contributed by atoms with Gasteiger partial charge in [-0.25, -0.2) is 0 Å². The molecule has 140 valence electrons. The van der Waals surface area contributed by atoms with E-state index < -0.39 is 22.5 Å². The lowest BCUT2D eigenvalue weighted by atomic mass is 9.50. The van der Waals surface area contributed by atoms with Crippen molar-refractivity contribution in [1.82, 2.24) is 0 Å². The number of hydrogen-bond acceptors (Lipinski definition) is 5. The fraction of sp³-hybridized carbons (Fsp3) is 0.364. The average molecular weight is 366 g/mol. The summed E-state index contributed by atoms with van der Waals surface area (Å²) in [6.45, 7) is 5.13. The van der Waals surface area contributed by atoms with E-state index in [0.717, 1.165) is 5.57 Å². The first-order chi connectivity index (χ1) is 12.6. The molecule has 0 saturated carbocycles. The zero-order valence-electron chi connectivity index (χ0n) is 15.5. The van der Waals surface area contributed by atoms with E-state index in [1.165, 1.54) is 18.2 Å². The Hall–Kier alpha value is -2.66. The van der Waals surface area contributed by atoms with Crippen LogP contribution in [0, 0.1) is 5.41 Å². The van der Waals surface area contributed by atoms with Gasteiger partial charge in [0.2, 0.25) is 5.78 Å². The lowest BCUT2D eigenvalue weighted by Gasteiger charge is -2.56. The number of ketones is 2. The van der Waals surface area contributed by atoms with E-state index in [1.807, 2.05) is 13.0 Å². The molecular formula is C22H22O5. The number of fused-ring (bicyclic) bond motifs is 2. The van der Waals surface area contributed by atoms with Crippen LogP contribution in [0.25, 0.3) is 0 Å². The van der Waals surface area contributed by atoms with Gasteiger partial charge in [-0.3, -0.25) is 9.59 Å². The smallest absolute Gasteiger partial charge is 0.201 e. The Morgan fingerprint density at radius 3 is 2.63 bits per heavy atom. The Morgan fingerprint density at radius 1 is 1.22 bits per heavy atom. The van der Waals surface area contributed by atoms with Crippen molar-refractivity contribution >= 4 is 11.6 Å². The number of aromatic hydroxyl groups is 1. The Labute approximate surface area is 157 Å². The summed E-state index contributed by atoms with van der Waals surface area (Å²) >= 11 is 0. The zero-order chi connectivity index (χ0) is 19.6. The van der Waals surface area contributed by atoms with Crippen LogP contribution in [-0.4, -0.2) is 33.0 Å². The average Bonchev–Trinajstić information content (AvgIpc) is 2.57. The summed E-state index contributed by atoms with van der Waals surface area (Å²) in [5, 5.41) is 20.2. The Kier molecular flexibility index (Phi) is 3.56. The summed E-state index contributed by atoms with van der Waals surface area (Å²) in [5.74, 6) is -0.440. The minimum atomic E-state index is -1.39. The van der Waals surface area contributed by atoms with E-state index in [-0.39, 0.29) is 23.7 Å². The molecule has 0 radical (unpaired) electrons. The summed E-state index contributed by atoms with van der Waals surface area (Å²) in [4.78, 5) is 26.4. The number of phenols is 1. The van der Waals surface area contributed by atoms with Crippen LogP contribution in [0.4, 0.5) is 0 Å². The first kappa shape index (κ1) is 17.7. The maximum absolute atomic E-state index is 13.3. The SMILES string of the molecule is CC1=C[C@@H]2c3cc(O)ccc3O[C@@]3(C1)C(=O)C=CC(=O)[C@]23C=CC(C)(C)O. The highest BCUT2D eigenvalue weighted by molar-refractivity contribution is 6.15. The van der Waals surface area contributed by atoms with E-state index in [2.05, 4.69) is 0 Å². The molecule has 27 heavy (non-hydrogen) atoms. The van der Waals surface area contributed by atoms with E-state index in [9.17, 15) is 19.8 Å². The van der Waals surface area contributed by atoms with Crippen LogP contribution in [-0.2, 0) is 9.59 Å². The Balaban J connectivity index is 2.08. The van der Waals surface area contributed by atoms with E-state index in [1.54, 1.807) is 38.1 Å². The minimum Gasteiger partial charge on any atom is -0.508 e. The predicted octanol–water partition coefficient (Wildman–Crippen LogP) is 2.98. The molecule has 2 bridgehead atoms. The van der Waals surface area contributed by atoms with Gasteiger partial charge in [-0.2, -0.15) is 0 Å². The van der Waals surface area contributed by atoms with Crippen molar-refractivity contribution in [3.63, 3.8) is 0 Å². The van der Waals surface area contributed by atoms with E-state index in [0.29, 0.717) is 11.3 Å². The summed E-state index contributed by atoms with van der Waals surface area (Å²) in [6.07, 6.45) is 8.03. The highest BCUT2D eigenvalue weighted by Gasteiger charge is 2.69. The highest BCUT2D eigenvalue weighted by Crippen LogP contribution is 2.62. The summed E-state index contributed by atoms with van der Waals surface area (Å²) < 4.78 is 6.26. The van der Waals surface area contributed by atoms with Gasteiger partial charge >= 0.3 is 0 Å². The van der Waals surface area contributed by atoms with Crippen LogP contribution in [0.3, 0.4) is 0 Å². The summed E-state index contributed by atoms with van der Waals surface area (Å²) in [5.41, 5.74) is -2.26. The van der Waals surface area contributed by atoms with Gasteiger partial charge < -0.3 is 14.9 Å². The molecule has 1 aromatic carbocycles. The summed E-state index contributed by atoms with van der Waals surface area (Å²) in [7, 11) is 0. The standard InChI is InChI=1S/C22H22O5/c1-13-10-16-15-11-14(23)4-5-17(15)27-22(12-13)19(25)7-6-18(24)21(16,22)9-8-20(2,3)26/h4-11,16,23,26H,12H2,1-3H3/t16-,21+,22+/m1/s1. The second-order valence-corrected chi connectivity index (χ2v) is 8.24. The van der Waals surface area contributed by atoms with Crippen molar-refractivity contribution in [3.05, 3.63) is 59.7 Å². The van der Waals surface area contributed by atoms with E-state index >= 15 is 0 Å². The maximum Gasteiger partial charge on any atom is 0.201 e. The normalized spacial score (nSPS) is 32.0. The molecule has 3 atom stereocenters. The summed E-state index contributed by atoms with van der Waals surface area (Å²) in [6, 6.07) is 4.72. The fourth-order valence-corrected chi connectivity index (χ4v) is 4.55. The fourth-order valence-electron chi connectivity index (χ4n) is 4.55. The molecule has 4 rings (SSSR count). The number of carbonyl (C=O) groups excluding carboxylic acids is 2. The van der Waals surface area contributed by atoms with Crippen molar-refractivity contribution in [2.45, 2.75) is 44.3 Å². The van der Waals surface area contributed by atoms with Crippen LogP contribution in [0.1, 0.15) is 38.7 Å². The molecule has 5 nitrogen and oxygen atoms in total. The van der Waals surface area contributed by atoms with Crippen molar-refractivity contribution in [1.29, 1.82) is 0 Å².